The largest absolute Gasteiger partial charge is 0.465 e. The smallest absolute Gasteiger partial charge is 0.322 e. The molecule has 4 aromatic rings. The lowest BCUT2D eigenvalue weighted by atomic mass is 10.1. The van der Waals surface area contributed by atoms with Crippen LogP contribution in [-0.4, -0.2) is 31.9 Å². The Hall–Kier alpha value is -3.12. The summed E-state index contributed by atoms with van der Waals surface area (Å²) in [4.78, 5) is 21.7. The van der Waals surface area contributed by atoms with Crippen molar-refractivity contribution in [1.29, 1.82) is 0 Å². The summed E-state index contributed by atoms with van der Waals surface area (Å²) < 4.78 is 6.56. The maximum Gasteiger partial charge on any atom is 0.322 e. The molecule has 0 spiro atoms. The number of hydrogen-bond donors (Lipinski definition) is 0. The topological polar surface area (TPSA) is 57.0 Å². The van der Waals surface area contributed by atoms with Gasteiger partial charge >= 0.3 is 5.97 Å². The predicted octanol–water partition coefficient (Wildman–Crippen LogP) is 5.52. The number of hydrogen-bond acceptors (Lipinski definition) is 5. The third-order valence-corrected chi connectivity index (χ3v) is 5.97. The molecule has 0 N–H and O–H groups in total. The van der Waals surface area contributed by atoms with Crippen LogP contribution >= 0.6 is 11.8 Å². The second-order valence-electron chi connectivity index (χ2n) is 7.32. The second kappa shape index (κ2) is 8.32. The van der Waals surface area contributed by atoms with Gasteiger partial charge in [0.1, 0.15) is 21.7 Å². The van der Waals surface area contributed by atoms with Crippen molar-refractivity contribution in [3.63, 3.8) is 0 Å². The minimum atomic E-state index is -0.778. The number of ether oxygens (including phenoxy) is 1. The summed E-state index contributed by atoms with van der Waals surface area (Å²) in [6.07, 6.45) is 3.64. The molecule has 2 heterocycles. The van der Waals surface area contributed by atoms with Gasteiger partial charge in [-0.15, -0.1) is 0 Å². The highest BCUT2D eigenvalue weighted by atomic mass is 32.2. The van der Waals surface area contributed by atoms with E-state index in [0.717, 1.165) is 32.9 Å². The molecule has 152 valence electrons. The van der Waals surface area contributed by atoms with E-state index >= 15 is 0 Å². The van der Waals surface area contributed by atoms with E-state index in [9.17, 15) is 4.79 Å². The van der Waals surface area contributed by atoms with Crippen molar-refractivity contribution in [3.8, 4) is 16.8 Å². The van der Waals surface area contributed by atoms with Gasteiger partial charge in [-0.1, -0.05) is 60.3 Å². The molecule has 0 radical (unpaired) electrons. The summed E-state index contributed by atoms with van der Waals surface area (Å²) >= 11 is 1.40. The SMILES string of the molecule is CCOC(=O)C(C)(C)Sc1ncnc2c1c(-c1ccccc1)cn2-c1ccccc1. The van der Waals surface area contributed by atoms with Crippen LogP contribution < -0.4 is 0 Å². The molecule has 0 bridgehead atoms. The Labute approximate surface area is 180 Å². The molecule has 0 atom stereocenters. The number of fused-ring (bicyclic) bond motifs is 1. The zero-order valence-electron chi connectivity index (χ0n) is 17.2. The van der Waals surface area contributed by atoms with E-state index in [-0.39, 0.29) is 5.97 Å². The number of benzene rings is 2. The Bertz CT molecular complexity index is 1170. The van der Waals surface area contributed by atoms with Crippen molar-refractivity contribution in [3.05, 3.63) is 73.2 Å². The lowest BCUT2D eigenvalue weighted by molar-refractivity contribution is -0.145. The van der Waals surface area contributed by atoms with Crippen molar-refractivity contribution >= 4 is 28.8 Å². The van der Waals surface area contributed by atoms with Crippen LogP contribution in [0.5, 0.6) is 0 Å². The van der Waals surface area contributed by atoms with Gasteiger partial charge in [-0.2, -0.15) is 0 Å². The quantitative estimate of drug-likeness (QED) is 0.235. The van der Waals surface area contributed by atoms with Crippen molar-refractivity contribution in [2.75, 3.05) is 6.61 Å². The zero-order valence-corrected chi connectivity index (χ0v) is 18.0. The van der Waals surface area contributed by atoms with E-state index in [4.69, 9.17) is 4.74 Å². The number of carbonyl (C=O) groups is 1. The Morgan fingerprint density at radius 3 is 2.37 bits per heavy atom. The highest BCUT2D eigenvalue weighted by Gasteiger charge is 2.33. The van der Waals surface area contributed by atoms with Crippen LogP contribution in [-0.2, 0) is 9.53 Å². The molecule has 6 heteroatoms. The molecule has 2 aromatic heterocycles. The molecule has 0 aliphatic carbocycles. The van der Waals surface area contributed by atoms with Gasteiger partial charge in [-0.05, 0) is 38.5 Å². The first-order chi connectivity index (χ1) is 14.5. The number of rotatable bonds is 6. The predicted molar refractivity (Wildman–Crippen MR) is 121 cm³/mol. The zero-order chi connectivity index (χ0) is 21.1. The van der Waals surface area contributed by atoms with Gasteiger partial charge in [0.05, 0.1) is 12.0 Å². The second-order valence-corrected chi connectivity index (χ2v) is 8.94. The van der Waals surface area contributed by atoms with Gasteiger partial charge in [0.2, 0.25) is 0 Å². The van der Waals surface area contributed by atoms with Gasteiger partial charge in [0.15, 0.2) is 0 Å². The fourth-order valence-corrected chi connectivity index (χ4v) is 4.35. The van der Waals surface area contributed by atoms with Crippen LogP contribution in [0.2, 0.25) is 0 Å². The first-order valence-electron chi connectivity index (χ1n) is 9.84. The molecule has 5 nitrogen and oxygen atoms in total. The molecule has 0 aliphatic heterocycles. The molecule has 0 aliphatic rings. The van der Waals surface area contributed by atoms with Crippen LogP contribution in [0.25, 0.3) is 27.8 Å². The van der Waals surface area contributed by atoms with Crippen molar-refractivity contribution in [1.82, 2.24) is 14.5 Å². The summed E-state index contributed by atoms with van der Waals surface area (Å²) in [5, 5.41) is 1.68. The first-order valence-corrected chi connectivity index (χ1v) is 10.7. The van der Waals surface area contributed by atoms with Crippen LogP contribution in [0.3, 0.4) is 0 Å². The summed E-state index contributed by atoms with van der Waals surface area (Å²) in [5.74, 6) is -0.259. The monoisotopic (exact) mass is 417 g/mol. The van der Waals surface area contributed by atoms with E-state index in [2.05, 4.69) is 32.9 Å². The van der Waals surface area contributed by atoms with Crippen LogP contribution in [0, 0.1) is 0 Å². The maximum absolute atomic E-state index is 12.5. The van der Waals surface area contributed by atoms with E-state index in [0.29, 0.717) is 6.61 Å². The molecule has 0 saturated heterocycles. The molecule has 0 amide bonds. The molecule has 4 rings (SSSR count). The number of aromatic nitrogens is 3. The van der Waals surface area contributed by atoms with Crippen molar-refractivity contribution in [2.24, 2.45) is 0 Å². The highest BCUT2D eigenvalue weighted by Crippen LogP contribution is 2.41. The molecule has 30 heavy (non-hydrogen) atoms. The standard InChI is InChI=1S/C24H23N3O2S/c1-4-29-23(28)24(2,3)30-22-20-19(17-11-7-5-8-12-17)15-27(21(20)25-16-26-22)18-13-9-6-10-14-18/h5-16H,4H2,1-3H3. The molecule has 2 aromatic carbocycles. The summed E-state index contributed by atoms with van der Waals surface area (Å²) in [5.41, 5.74) is 3.92. The van der Waals surface area contributed by atoms with E-state index in [1.54, 1.807) is 6.33 Å². The third-order valence-electron chi connectivity index (χ3n) is 4.79. The molecule has 0 fully saturated rings. The fraction of sp³-hybridized carbons (Fsp3) is 0.208. The molecule has 0 unspecified atom stereocenters. The summed E-state index contributed by atoms with van der Waals surface area (Å²) in [6, 6.07) is 20.3. The van der Waals surface area contributed by atoms with Crippen LogP contribution in [0.4, 0.5) is 0 Å². The Kier molecular flexibility index (Phi) is 5.59. The van der Waals surface area contributed by atoms with Crippen molar-refractivity contribution in [2.45, 2.75) is 30.5 Å². The highest BCUT2D eigenvalue weighted by molar-refractivity contribution is 8.01. The normalized spacial score (nSPS) is 11.6. The molecular weight excluding hydrogens is 394 g/mol. The minimum Gasteiger partial charge on any atom is -0.465 e. The lowest BCUT2D eigenvalue weighted by Gasteiger charge is -2.21. The lowest BCUT2D eigenvalue weighted by Crippen LogP contribution is -2.30. The Morgan fingerprint density at radius 1 is 1.03 bits per heavy atom. The van der Waals surface area contributed by atoms with Crippen molar-refractivity contribution < 1.29 is 9.53 Å². The molecular formula is C24H23N3O2S. The van der Waals surface area contributed by atoms with Gasteiger partial charge < -0.3 is 9.30 Å². The van der Waals surface area contributed by atoms with Gasteiger partial charge in [0.25, 0.3) is 0 Å². The minimum absolute atomic E-state index is 0.259. The Morgan fingerprint density at radius 2 is 1.70 bits per heavy atom. The number of thioether (sulfide) groups is 1. The first kappa shape index (κ1) is 20.2. The Balaban J connectivity index is 1.92. The van der Waals surface area contributed by atoms with Gasteiger partial charge in [-0.25, -0.2) is 9.97 Å². The van der Waals surface area contributed by atoms with Crippen LogP contribution in [0.1, 0.15) is 20.8 Å². The summed E-state index contributed by atoms with van der Waals surface area (Å²) in [6.45, 7) is 5.89. The third kappa shape index (κ3) is 3.83. The number of carbonyl (C=O) groups excluding carboxylic acids is 1. The molecule has 0 saturated carbocycles. The van der Waals surface area contributed by atoms with E-state index in [1.165, 1.54) is 11.8 Å². The fourth-order valence-electron chi connectivity index (χ4n) is 3.32. The number of esters is 1. The number of para-hydroxylation sites is 1. The van der Waals surface area contributed by atoms with Gasteiger partial charge in [0, 0.05) is 17.4 Å². The van der Waals surface area contributed by atoms with E-state index < -0.39 is 4.75 Å². The number of nitrogens with zero attached hydrogens (tertiary/aromatic N) is 3. The van der Waals surface area contributed by atoms with Gasteiger partial charge in [-0.3, -0.25) is 4.79 Å². The van der Waals surface area contributed by atoms with E-state index in [1.807, 2.05) is 69.3 Å². The maximum atomic E-state index is 12.5. The van der Waals surface area contributed by atoms with Crippen LogP contribution in [0.15, 0.2) is 78.2 Å². The summed E-state index contributed by atoms with van der Waals surface area (Å²) in [7, 11) is 0. The average molecular weight is 418 g/mol. The average Bonchev–Trinajstić information content (AvgIpc) is 3.16.